The van der Waals surface area contributed by atoms with Gasteiger partial charge in [0.15, 0.2) is 0 Å². The number of carbonyl (C=O) groups is 1. The van der Waals surface area contributed by atoms with Gasteiger partial charge in [0.25, 0.3) is 5.91 Å². The molecule has 0 fully saturated rings. The van der Waals surface area contributed by atoms with Crippen LogP contribution in [0.2, 0.25) is 0 Å². The van der Waals surface area contributed by atoms with Crippen LogP contribution in [-0.4, -0.2) is 5.91 Å². The van der Waals surface area contributed by atoms with E-state index >= 15 is 0 Å². The fourth-order valence-corrected chi connectivity index (χ4v) is 4.64. The first-order valence-electron chi connectivity index (χ1n) is 11.5. The Kier molecular flexibility index (Phi) is 6.47. The molecule has 5 aromatic carbocycles. The van der Waals surface area contributed by atoms with Crippen molar-refractivity contribution in [2.75, 3.05) is 5.32 Å². The molecule has 0 radical (unpaired) electrons. The maximum Gasteiger partial charge on any atom is 0.255 e. The second-order valence-corrected chi connectivity index (χ2v) is 8.93. The Morgan fingerprint density at radius 3 is 1.46 bits per heavy atom. The van der Waals surface area contributed by atoms with E-state index in [1.165, 1.54) is 0 Å². The van der Waals surface area contributed by atoms with Gasteiger partial charge in [-0.25, -0.2) is 0 Å². The molecule has 0 bridgehead atoms. The molecule has 5 rings (SSSR count). The predicted octanol–water partition coefficient (Wildman–Crippen LogP) is 8.14. The molecular formula is C32H24ClNO. The fourth-order valence-electron chi connectivity index (χ4n) is 4.27. The van der Waals surface area contributed by atoms with Gasteiger partial charge in [-0.3, -0.25) is 4.79 Å². The van der Waals surface area contributed by atoms with Crippen LogP contribution in [0.4, 0.5) is 5.69 Å². The van der Waals surface area contributed by atoms with E-state index in [4.69, 9.17) is 11.6 Å². The zero-order chi connectivity index (χ0) is 24.1. The molecule has 170 valence electrons. The molecule has 0 saturated carbocycles. The minimum atomic E-state index is -0.856. The lowest BCUT2D eigenvalue weighted by molar-refractivity contribution is 0.102. The zero-order valence-corrected chi connectivity index (χ0v) is 19.8. The van der Waals surface area contributed by atoms with Gasteiger partial charge in [-0.2, -0.15) is 0 Å². The summed E-state index contributed by atoms with van der Waals surface area (Å²) in [5, 5.41) is 2.99. The SMILES string of the molecule is O=C(Nc1ccc(-c2ccccc2)cc1)c1ccc(C(Cl)(c2ccccc2)c2ccccc2)cc1. The topological polar surface area (TPSA) is 29.1 Å². The molecule has 0 unspecified atom stereocenters. The van der Waals surface area contributed by atoms with Gasteiger partial charge in [-0.1, -0.05) is 115 Å². The lowest BCUT2D eigenvalue weighted by Gasteiger charge is -2.29. The van der Waals surface area contributed by atoms with Crippen LogP contribution in [0.25, 0.3) is 11.1 Å². The molecule has 0 aliphatic heterocycles. The summed E-state index contributed by atoms with van der Waals surface area (Å²) in [4.78, 5) is 12.1. The van der Waals surface area contributed by atoms with Crippen molar-refractivity contribution in [1.82, 2.24) is 0 Å². The van der Waals surface area contributed by atoms with Crippen LogP contribution in [0.3, 0.4) is 0 Å². The van der Waals surface area contributed by atoms with Crippen LogP contribution in [0.15, 0.2) is 140 Å². The molecule has 0 heterocycles. The summed E-state index contributed by atoms with van der Waals surface area (Å²) < 4.78 is 0. The van der Waals surface area contributed by atoms with Gasteiger partial charge in [-0.05, 0) is 52.1 Å². The number of hydrogen-bond acceptors (Lipinski definition) is 1. The fraction of sp³-hybridized carbons (Fsp3) is 0.0312. The van der Waals surface area contributed by atoms with Gasteiger partial charge < -0.3 is 5.32 Å². The van der Waals surface area contributed by atoms with Gasteiger partial charge in [-0.15, -0.1) is 11.6 Å². The Morgan fingerprint density at radius 1 is 0.514 bits per heavy atom. The number of alkyl halides is 1. The van der Waals surface area contributed by atoms with Crippen LogP contribution in [0.1, 0.15) is 27.0 Å². The van der Waals surface area contributed by atoms with Crippen LogP contribution in [0, 0.1) is 0 Å². The number of rotatable bonds is 6. The van der Waals surface area contributed by atoms with E-state index in [0.717, 1.165) is 33.5 Å². The van der Waals surface area contributed by atoms with E-state index in [1.807, 2.05) is 127 Å². The largest absolute Gasteiger partial charge is 0.322 e. The van der Waals surface area contributed by atoms with Gasteiger partial charge in [0, 0.05) is 11.3 Å². The number of nitrogens with one attached hydrogen (secondary N) is 1. The quantitative estimate of drug-likeness (QED) is 0.196. The van der Waals surface area contributed by atoms with Crippen LogP contribution in [0.5, 0.6) is 0 Å². The molecule has 35 heavy (non-hydrogen) atoms. The van der Waals surface area contributed by atoms with Gasteiger partial charge in [0.1, 0.15) is 4.87 Å². The molecular weight excluding hydrogens is 450 g/mol. The normalized spacial score (nSPS) is 11.1. The monoisotopic (exact) mass is 473 g/mol. The second kappa shape index (κ2) is 10.0. The van der Waals surface area contributed by atoms with Crippen molar-refractivity contribution in [2.45, 2.75) is 4.87 Å². The Hall–Kier alpha value is -4.14. The third-order valence-electron chi connectivity index (χ3n) is 6.14. The van der Waals surface area contributed by atoms with Crippen molar-refractivity contribution in [1.29, 1.82) is 0 Å². The average molecular weight is 474 g/mol. The van der Waals surface area contributed by atoms with Crippen molar-refractivity contribution in [2.24, 2.45) is 0 Å². The Balaban J connectivity index is 1.38. The Bertz CT molecular complexity index is 1360. The van der Waals surface area contributed by atoms with E-state index in [-0.39, 0.29) is 5.91 Å². The second-order valence-electron chi connectivity index (χ2n) is 8.37. The molecule has 0 aromatic heterocycles. The van der Waals surface area contributed by atoms with Crippen LogP contribution in [-0.2, 0) is 4.87 Å². The minimum Gasteiger partial charge on any atom is -0.322 e. The maximum atomic E-state index is 12.9. The molecule has 2 nitrogen and oxygen atoms in total. The standard InChI is InChI=1S/C32H24ClNO/c33-32(27-12-6-2-7-13-27,28-14-8-3-9-15-28)29-20-16-26(17-21-29)31(35)34-30-22-18-25(19-23-30)24-10-4-1-5-11-24/h1-23H,(H,34,35). The third-order valence-corrected chi connectivity index (χ3v) is 6.79. The van der Waals surface area contributed by atoms with Crippen LogP contribution >= 0.6 is 11.6 Å². The van der Waals surface area contributed by atoms with Crippen molar-refractivity contribution in [3.63, 3.8) is 0 Å². The van der Waals surface area contributed by atoms with E-state index < -0.39 is 4.87 Å². The highest BCUT2D eigenvalue weighted by Crippen LogP contribution is 2.43. The molecule has 1 N–H and O–H groups in total. The first-order valence-corrected chi connectivity index (χ1v) is 11.9. The van der Waals surface area contributed by atoms with E-state index in [9.17, 15) is 4.79 Å². The molecule has 0 aliphatic carbocycles. The summed E-state index contributed by atoms with van der Waals surface area (Å²) in [5.74, 6) is -0.163. The number of halogens is 1. The van der Waals surface area contributed by atoms with Gasteiger partial charge in [0.2, 0.25) is 0 Å². The number of amides is 1. The molecule has 1 amide bonds. The average Bonchev–Trinajstić information content (AvgIpc) is 2.94. The summed E-state index contributed by atoms with van der Waals surface area (Å²) in [6.07, 6.45) is 0. The molecule has 0 saturated heterocycles. The van der Waals surface area contributed by atoms with Crippen LogP contribution < -0.4 is 5.32 Å². The number of hydrogen-bond donors (Lipinski definition) is 1. The lowest BCUT2D eigenvalue weighted by atomic mass is 9.84. The molecule has 5 aromatic rings. The van der Waals surface area contributed by atoms with E-state index in [2.05, 4.69) is 17.4 Å². The molecule has 0 atom stereocenters. The molecule has 0 spiro atoms. The number of carbonyl (C=O) groups excluding carboxylic acids is 1. The van der Waals surface area contributed by atoms with Crippen molar-refractivity contribution >= 4 is 23.2 Å². The van der Waals surface area contributed by atoms with Crippen molar-refractivity contribution in [3.8, 4) is 11.1 Å². The Labute approximate surface area is 210 Å². The summed E-state index contributed by atoms with van der Waals surface area (Å²) in [6.45, 7) is 0. The lowest BCUT2D eigenvalue weighted by Crippen LogP contribution is -2.22. The van der Waals surface area contributed by atoms with Gasteiger partial charge in [0.05, 0.1) is 0 Å². The first kappa shape index (κ1) is 22.6. The van der Waals surface area contributed by atoms with Crippen molar-refractivity contribution < 1.29 is 4.79 Å². The highest BCUT2D eigenvalue weighted by molar-refractivity contribution is 6.28. The predicted molar refractivity (Wildman–Crippen MR) is 145 cm³/mol. The highest BCUT2D eigenvalue weighted by atomic mass is 35.5. The zero-order valence-electron chi connectivity index (χ0n) is 19.1. The van der Waals surface area contributed by atoms with E-state index in [1.54, 1.807) is 0 Å². The summed E-state index contributed by atoms with van der Waals surface area (Å²) in [5.41, 5.74) is 6.42. The summed E-state index contributed by atoms with van der Waals surface area (Å²) in [6, 6.07) is 45.5. The highest BCUT2D eigenvalue weighted by Gasteiger charge is 2.33. The van der Waals surface area contributed by atoms with Crippen molar-refractivity contribution in [3.05, 3.63) is 162 Å². The maximum absolute atomic E-state index is 12.9. The first-order chi connectivity index (χ1) is 17.1. The Morgan fingerprint density at radius 2 is 0.943 bits per heavy atom. The number of benzene rings is 5. The number of anilines is 1. The van der Waals surface area contributed by atoms with E-state index in [0.29, 0.717) is 5.56 Å². The third kappa shape index (κ3) is 4.75. The minimum absolute atomic E-state index is 0.163. The molecule has 0 aliphatic rings. The summed E-state index contributed by atoms with van der Waals surface area (Å²) in [7, 11) is 0. The molecule has 3 heteroatoms. The summed E-state index contributed by atoms with van der Waals surface area (Å²) >= 11 is 7.34. The van der Waals surface area contributed by atoms with Gasteiger partial charge >= 0.3 is 0 Å². The smallest absolute Gasteiger partial charge is 0.255 e.